The molecule has 1 fully saturated rings. The van der Waals surface area contributed by atoms with Crippen LogP contribution in [0.1, 0.15) is 25.6 Å². The molecule has 1 aliphatic carbocycles. The molecule has 8 heteroatoms. The van der Waals surface area contributed by atoms with Gasteiger partial charge in [0.2, 0.25) is 5.91 Å². The molecule has 3 N–H and O–H groups in total. The number of nitrogens with one attached hydrogen (secondary N) is 3. The summed E-state index contributed by atoms with van der Waals surface area (Å²) in [6.07, 6.45) is 2.11. The lowest BCUT2D eigenvalue weighted by molar-refractivity contribution is -0.121. The zero-order chi connectivity index (χ0) is 14.3. The van der Waals surface area contributed by atoms with Crippen molar-refractivity contribution in [2.75, 3.05) is 5.32 Å². The maximum Gasteiger partial charge on any atom is 0.349 e. The Labute approximate surface area is 114 Å². The lowest BCUT2D eigenvalue weighted by Gasteiger charge is -2.14. The third-order valence-corrected chi connectivity index (χ3v) is 3.25. The smallest absolute Gasteiger partial charge is 0.349 e. The fraction of sp³-hybridized carbons (Fsp3) is 0.500. The van der Waals surface area contributed by atoms with Crippen LogP contribution in [0.25, 0.3) is 5.65 Å². The predicted octanol–water partition coefficient (Wildman–Crippen LogP) is -0.195. The lowest BCUT2D eigenvalue weighted by atomic mass is 10.3. The number of amides is 1. The van der Waals surface area contributed by atoms with Gasteiger partial charge < -0.3 is 10.6 Å². The number of H-pyrrole nitrogens is 1. The van der Waals surface area contributed by atoms with E-state index in [1.165, 1.54) is 4.40 Å². The first-order valence-electron chi connectivity index (χ1n) is 6.56. The number of fused-ring (bicyclic) bond motifs is 1. The Hall–Kier alpha value is -2.38. The fourth-order valence-electron chi connectivity index (χ4n) is 2.01. The second kappa shape index (κ2) is 4.62. The normalized spacial score (nSPS) is 16.1. The monoisotopic (exact) mass is 276 g/mol. The van der Waals surface area contributed by atoms with Crippen molar-refractivity contribution in [3.05, 3.63) is 22.4 Å². The van der Waals surface area contributed by atoms with Gasteiger partial charge in [0.1, 0.15) is 17.7 Å². The number of carbonyl (C=O) groups is 1. The van der Waals surface area contributed by atoms with Crippen molar-refractivity contribution in [2.45, 2.75) is 38.8 Å². The van der Waals surface area contributed by atoms with Crippen molar-refractivity contribution in [1.82, 2.24) is 24.9 Å². The zero-order valence-electron chi connectivity index (χ0n) is 11.3. The lowest BCUT2D eigenvalue weighted by Crippen LogP contribution is -2.38. The van der Waals surface area contributed by atoms with Gasteiger partial charge in [0.05, 0.1) is 0 Å². The number of nitrogens with zero attached hydrogens (tertiary/aromatic N) is 3. The van der Waals surface area contributed by atoms with Crippen molar-refractivity contribution in [1.29, 1.82) is 0 Å². The van der Waals surface area contributed by atoms with Crippen molar-refractivity contribution in [3.8, 4) is 0 Å². The van der Waals surface area contributed by atoms with Crippen LogP contribution >= 0.6 is 0 Å². The van der Waals surface area contributed by atoms with E-state index in [4.69, 9.17) is 0 Å². The first-order chi connectivity index (χ1) is 9.54. The number of aryl methyl sites for hydroxylation is 1. The topological polar surface area (TPSA) is 104 Å². The molecule has 2 heterocycles. The minimum absolute atomic E-state index is 0.0498. The predicted molar refractivity (Wildman–Crippen MR) is 72.6 cm³/mol. The summed E-state index contributed by atoms with van der Waals surface area (Å²) >= 11 is 0. The Morgan fingerprint density at radius 1 is 1.55 bits per heavy atom. The van der Waals surface area contributed by atoms with E-state index in [1.807, 2.05) is 0 Å². The second-order valence-electron chi connectivity index (χ2n) is 5.06. The van der Waals surface area contributed by atoms with Crippen LogP contribution in [0.3, 0.4) is 0 Å². The van der Waals surface area contributed by atoms with Crippen molar-refractivity contribution in [3.63, 3.8) is 0 Å². The Morgan fingerprint density at radius 3 is 3.00 bits per heavy atom. The molecule has 0 saturated heterocycles. The van der Waals surface area contributed by atoms with Gasteiger partial charge in [-0.15, -0.1) is 0 Å². The molecule has 0 spiro atoms. The van der Waals surface area contributed by atoms with Gasteiger partial charge in [-0.1, -0.05) is 0 Å². The Morgan fingerprint density at radius 2 is 2.30 bits per heavy atom. The van der Waals surface area contributed by atoms with Crippen molar-refractivity contribution < 1.29 is 4.79 Å². The van der Waals surface area contributed by atoms with Crippen LogP contribution in [0.5, 0.6) is 0 Å². The van der Waals surface area contributed by atoms with Gasteiger partial charge in [-0.05, 0) is 26.7 Å². The third kappa shape index (κ3) is 2.36. The number of carbonyl (C=O) groups excluding carboxylic acids is 1. The van der Waals surface area contributed by atoms with E-state index in [9.17, 15) is 9.59 Å². The highest BCUT2D eigenvalue weighted by Gasteiger charge is 2.25. The standard InChI is InChI=1S/C12H16N6O2/c1-6(11(19)15-8-3-4-8)13-9-5-10-16-17-12(20)18(10)7(2)14-9/h5-6,8,13H,3-4H2,1-2H3,(H,15,19)(H,17,20). The molecular weight excluding hydrogens is 260 g/mol. The van der Waals surface area contributed by atoms with E-state index in [1.54, 1.807) is 19.9 Å². The average Bonchev–Trinajstić information content (AvgIpc) is 3.12. The minimum atomic E-state index is -0.393. The van der Waals surface area contributed by atoms with E-state index in [-0.39, 0.29) is 11.6 Å². The molecule has 2 aromatic heterocycles. The molecule has 1 amide bonds. The van der Waals surface area contributed by atoms with Gasteiger partial charge in [-0.2, -0.15) is 5.10 Å². The number of aromatic amines is 1. The zero-order valence-corrected chi connectivity index (χ0v) is 11.3. The van der Waals surface area contributed by atoms with Gasteiger partial charge in [0, 0.05) is 12.1 Å². The van der Waals surface area contributed by atoms with Gasteiger partial charge >= 0.3 is 5.69 Å². The molecule has 2 aromatic rings. The van der Waals surface area contributed by atoms with Crippen molar-refractivity contribution in [2.24, 2.45) is 0 Å². The highest BCUT2D eigenvalue weighted by molar-refractivity contribution is 5.84. The van der Waals surface area contributed by atoms with Crippen LogP contribution in [0.2, 0.25) is 0 Å². The number of rotatable bonds is 4. The van der Waals surface area contributed by atoms with E-state index in [0.29, 0.717) is 23.3 Å². The van der Waals surface area contributed by atoms with Crippen LogP contribution in [0.4, 0.5) is 5.82 Å². The Kier molecular flexibility index (Phi) is 2.92. The van der Waals surface area contributed by atoms with Crippen LogP contribution in [0, 0.1) is 6.92 Å². The SMILES string of the molecule is Cc1nc(NC(C)C(=O)NC2CC2)cc2n[nH]c(=O)n12. The molecular formula is C12H16N6O2. The van der Waals surface area contributed by atoms with Crippen LogP contribution in [0.15, 0.2) is 10.9 Å². The molecule has 0 bridgehead atoms. The first kappa shape index (κ1) is 12.6. The number of hydrogen-bond acceptors (Lipinski definition) is 5. The highest BCUT2D eigenvalue weighted by Crippen LogP contribution is 2.19. The summed E-state index contributed by atoms with van der Waals surface area (Å²) in [6, 6.07) is 1.57. The maximum atomic E-state index is 11.9. The molecule has 106 valence electrons. The number of aromatic nitrogens is 4. The fourth-order valence-corrected chi connectivity index (χ4v) is 2.01. The molecule has 1 unspecified atom stereocenters. The first-order valence-corrected chi connectivity index (χ1v) is 6.56. The molecule has 1 aliphatic rings. The molecule has 1 saturated carbocycles. The Bertz CT molecular complexity index is 714. The van der Waals surface area contributed by atoms with Crippen LogP contribution in [-0.4, -0.2) is 37.6 Å². The molecule has 0 aromatic carbocycles. The van der Waals surface area contributed by atoms with Gasteiger partial charge in [0.15, 0.2) is 5.65 Å². The largest absolute Gasteiger partial charge is 0.358 e. The van der Waals surface area contributed by atoms with E-state index in [0.717, 1.165) is 12.8 Å². The van der Waals surface area contributed by atoms with Crippen LogP contribution in [-0.2, 0) is 4.79 Å². The minimum Gasteiger partial charge on any atom is -0.358 e. The summed E-state index contributed by atoms with van der Waals surface area (Å²) in [7, 11) is 0. The number of hydrogen-bond donors (Lipinski definition) is 3. The van der Waals surface area contributed by atoms with E-state index in [2.05, 4.69) is 25.8 Å². The Balaban J connectivity index is 1.79. The summed E-state index contributed by atoms with van der Waals surface area (Å²) in [6.45, 7) is 3.49. The maximum absolute atomic E-state index is 11.9. The summed E-state index contributed by atoms with van der Waals surface area (Å²) in [5.74, 6) is 0.984. The van der Waals surface area contributed by atoms with Gasteiger partial charge in [-0.25, -0.2) is 19.3 Å². The quantitative estimate of drug-likeness (QED) is 0.717. The molecule has 20 heavy (non-hydrogen) atoms. The van der Waals surface area contributed by atoms with Gasteiger partial charge in [-0.3, -0.25) is 4.79 Å². The summed E-state index contributed by atoms with van der Waals surface area (Å²) in [5, 5.41) is 12.2. The molecule has 8 nitrogen and oxygen atoms in total. The number of anilines is 1. The second-order valence-corrected chi connectivity index (χ2v) is 5.06. The van der Waals surface area contributed by atoms with Crippen molar-refractivity contribution >= 4 is 17.4 Å². The van der Waals surface area contributed by atoms with E-state index >= 15 is 0 Å². The van der Waals surface area contributed by atoms with Crippen LogP contribution < -0.4 is 16.3 Å². The molecule has 0 aliphatic heterocycles. The van der Waals surface area contributed by atoms with Gasteiger partial charge in [0.25, 0.3) is 0 Å². The third-order valence-electron chi connectivity index (χ3n) is 3.25. The molecule has 0 radical (unpaired) electrons. The summed E-state index contributed by atoms with van der Waals surface area (Å²) in [5.41, 5.74) is 0.149. The average molecular weight is 276 g/mol. The molecule has 3 rings (SSSR count). The molecule has 1 atom stereocenters. The summed E-state index contributed by atoms with van der Waals surface area (Å²) in [4.78, 5) is 27.6. The van der Waals surface area contributed by atoms with E-state index < -0.39 is 6.04 Å². The summed E-state index contributed by atoms with van der Waals surface area (Å²) < 4.78 is 1.38. The highest BCUT2D eigenvalue weighted by atomic mass is 16.2.